The number of carboxylic acids is 1. The van der Waals surface area contributed by atoms with E-state index in [2.05, 4.69) is 30.3 Å². The Labute approximate surface area is 249 Å². The number of oxime groups is 1. The van der Waals surface area contributed by atoms with Crippen molar-refractivity contribution in [3.63, 3.8) is 0 Å². The van der Waals surface area contributed by atoms with Crippen molar-refractivity contribution in [3.05, 3.63) is 28.4 Å². The van der Waals surface area contributed by atoms with Crippen LogP contribution < -0.4 is 57.2 Å². The van der Waals surface area contributed by atoms with Gasteiger partial charge in [0.05, 0.1) is 29.2 Å². The SMILES string of the molecule is CON=CC(=O)NC1(c2csc(N)n2)S[C@H]2CC(=O)N2C(C(=O)[O-])=C1CSc1nc(N)cc(N)n1.O.O.[Na+]. The first-order valence-corrected chi connectivity index (χ1v) is 12.5. The zero-order chi connectivity index (χ0) is 25.3. The summed E-state index contributed by atoms with van der Waals surface area (Å²) in [5.74, 6) is -2.56. The normalized spacial score (nSPS) is 19.9. The van der Waals surface area contributed by atoms with E-state index in [1.807, 2.05) is 0 Å². The molecule has 1 fully saturated rings. The van der Waals surface area contributed by atoms with Gasteiger partial charge < -0.3 is 48.2 Å². The summed E-state index contributed by atoms with van der Waals surface area (Å²) >= 11 is 3.25. The molecule has 38 heavy (non-hydrogen) atoms. The van der Waals surface area contributed by atoms with Crippen LogP contribution in [-0.4, -0.2) is 73.0 Å². The Balaban J connectivity index is 0.00000241. The van der Waals surface area contributed by atoms with Crippen molar-refractivity contribution < 1.29 is 64.8 Å². The molecule has 2 aromatic rings. The van der Waals surface area contributed by atoms with Crippen LogP contribution in [0.25, 0.3) is 0 Å². The zero-order valence-corrected chi connectivity index (χ0v) is 24.4. The molecule has 1 saturated heterocycles. The molecule has 2 aliphatic rings. The molecule has 200 valence electrons. The largest absolute Gasteiger partial charge is 1.00 e. The number of thiazole rings is 1. The summed E-state index contributed by atoms with van der Waals surface area (Å²) in [6.07, 6.45) is 0.946. The first-order chi connectivity index (χ1) is 16.6. The number of amides is 2. The van der Waals surface area contributed by atoms with Crippen LogP contribution in [0, 0.1) is 0 Å². The number of nitrogens with zero attached hydrogens (tertiary/aromatic N) is 5. The summed E-state index contributed by atoms with van der Waals surface area (Å²) < 4.78 is 0. The van der Waals surface area contributed by atoms with Crippen LogP contribution in [0.2, 0.25) is 0 Å². The Morgan fingerprint density at radius 2 is 1.97 bits per heavy atom. The Morgan fingerprint density at radius 3 is 2.50 bits per heavy atom. The molecule has 2 amide bonds. The van der Waals surface area contributed by atoms with Gasteiger partial charge in [-0.25, -0.2) is 15.0 Å². The summed E-state index contributed by atoms with van der Waals surface area (Å²) in [4.78, 5) is 54.2. The molecule has 0 aromatic carbocycles. The maximum atomic E-state index is 12.8. The van der Waals surface area contributed by atoms with Crippen molar-refractivity contribution in [1.29, 1.82) is 0 Å². The number of carbonyl (C=O) groups excluding carboxylic acids is 3. The first kappa shape index (κ1) is 33.4. The molecule has 4 rings (SSSR count). The molecule has 0 bridgehead atoms. The predicted octanol–water partition coefficient (Wildman–Crippen LogP) is -5.96. The van der Waals surface area contributed by atoms with Gasteiger partial charge >= 0.3 is 29.6 Å². The van der Waals surface area contributed by atoms with Gasteiger partial charge in [0.1, 0.15) is 25.0 Å². The number of nitrogen functional groups attached to an aromatic ring is 3. The zero-order valence-electron chi connectivity index (χ0n) is 20.0. The van der Waals surface area contributed by atoms with Gasteiger partial charge in [-0.2, -0.15) is 0 Å². The van der Waals surface area contributed by atoms with E-state index in [0.29, 0.717) is 0 Å². The fraction of sp³-hybridized carbons (Fsp3) is 0.278. The van der Waals surface area contributed by atoms with Crippen LogP contribution in [-0.2, 0) is 24.1 Å². The van der Waals surface area contributed by atoms with E-state index in [4.69, 9.17) is 17.2 Å². The minimum Gasteiger partial charge on any atom is -0.543 e. The van der Waals surface area contributed by atoms with E-state index < -0.39 is 28.0 Å². The average Bonchev–Trinajstić information content (AvgIpc) is 3.22. The van der Waals surface area contributed by atoms with Crippen molar-refractivity contribution >= 4 is 75.6 Å². The number of nitrogens with one attached hydrogen (secondary N) is 1. The van der Waals surface area contributed by atoms with Crippen molar-refractivity contribution in [2.24, 2.45) is 5.16 Å². The maximum Gasteiger partial charge on any atom is 1.00 e. The van der Waals surface area contributed by atoms with Gasteiger partial charge in [-0.15, -0.1) is 11.3 Å². The number of carbonyl (C=O) groups is 3. The third-order valence-electron chi connectivity index (χ3n) is 4.91. The number of thioether (sulfide) groups is 2. The number of rotatable bonds is 8. The van der Waals surface area contributed by atoms with E-state index in [0.717, 1.165) is 46.0 Å². The second kappa shape index (κ2) is 13.4. The quantitative estimate of drug-likeness (QED) is 0.0552. The smallest absolute Gasteiger partial charge is 0.543 e. The molecule has 2 aliphatic heterocycles. The molecule has 1 unspecified atom stereocenters. The van der Waals surface area contributed by atoms with Crippen molar-refractivity contribution in [2.75, 3.05) is 30.1 Å². The Morgan fingerprint density at radius 1 is 1.32 bits per heavy atom. The van der Waals surface area contributed by atoms with Crippen molar-refractivity contribution in [3.8, 4) is 0 Å². The molecular formula is C18H22N9NaO7S3. The minimum atomic E-state index is -1.60. The van der Waals surface area contributed by atoms with Gasteiger partial charge in [0.15, 0.2) is 15.2 Å². The molecular weight excluding hydrogens is 573 g/mol. The van der Waals surface area contributed by atoms with Crippen LogP contribution in [0.15, 0.2) is 33.0 Å². The van der Waals surface area contributed by atoms with Gasteiger partial charge in [-0.1, -0.05) is 28.7 Å². The second-order valence-electron chi connectivity index (χ2n) is 7.10. The maximum absolute atomic E-state index is 12.8. The van der Waals surface area contributed by atoms with Crippen LogP contribution in [0.1, 0.15) is 12.1 Å². The molecule has 0 spiro atoms. The number of aromatic nitrogens is 3. The van der Waals surface area contributed by atoms with Crippen molar-refractivity contribution in [1.82, 2.24) is 25.2 Å². The van der Waals surface area contributed by atoms with Gasteiger partial charge in [-0.05, 0) is 0 Å². The Hall–Kier alpha value is -2.65. The summed E-state index contributed by atoms with van der Waals surface area (Å²) in [5.41, 5.74) is 17.4. The molecule has 0 aliphatic carbocycles. The number of fused-ring (bicyclic) bond motifs is 1. The van der Waals surface area contributed by atoms with E-state index in [1.54, 1.807) is 5.38 Å². The molecule has 2 atom stereocenters. The number of carboxylic acid groups (broad SMARTS) is 1. The standard InChI is InChI=1S/C18H19N9O5S3.Na.2H2O/c1-32-22-4-11(28)26-18(8-6-33-16(21)23-8)7(5-34-17-24-9(19)2-10(20)25-17)14(15(30)31)27-12(29)3-13(27)35-18;;;/h2,4,6,13H,3,5H2,1H3,(H2,21,23)(H,26,28)(H,30,31)(H4,19,20,24,25);;2*1H2/q;+1;;/p-1/t13-,18?;;;/m0.../s1. The second-order valence-corrected chi connectivity index (χ2v) is 10.3. The monoisotopic (exact) mass is 595 g/mol. The van der Waals surface area contributed by atoms with Crippen LogP contribution >= 0.6 is 34.9 Å². The third kappa shape index (κ3) is 6.49. The fourth-order valence-corrected chi connectivity index (χ4v) is 6.94. The number of hydrogen-bond acceptors (Lipinski definition) is 15. The summed E-state index contributed by atoms with van der Waals surface area (Å²) in [5, 5.41) is 20.0. The predicted molar refractivity (Wildman–Crippen MR) is 136 cm³/mol. The Kier molecular flexibility index (Phi) is 11.8. The van der Waals surface area contributed by atoms with E-state index >= 15 is 0 Å². The number of hydrogen-bond donors (Lipinski definition) is 4. The van der Waals surface area contributed by atoms with Gasteiger partial charge in [0.25, 0.3) is 5.91 Å². The number of nitrogens with two attached hydrogens (primary N) is 3. The number of β-lactam (4-membered cyclic amide) rings is 1. The molecule has 20 heteroatoms. The van der Waals surface area contributed by atoms with Gasteiger partial charge in [0.2, 0.25) is 5.91 Å². The molecule has 16 nitrogen and oxygen atoms in total. The Bertz CT molecular complexity index is 1260. The first-order valence-electron chi connectivity index (χ1n) is 9.72. The molecule has 2 aromatic heterocycles. The minimum absolute atomic E-state index is 0. The number of anilines is 3. The van der Waals surface area contributed by atoms with Crippen molar-refractivity contribution in [2.45, 2.75) is 21.8 Å². The average molecular weight is 596 g/mol. The van der Waals surface area contributed by atoms with E-state index in [9.17, 15) is 19.5 Å². The van der Waals surface area contributed by atoms with Crippen LogP contribution in [0.4, 0.5) is 16.8 Å². The summed E-state index contributed by atoms with van der Waals surface area (Å²) in [6, 6.07) is 1.37. The van der Waals surface area contributed by atoms with Crippen LogP contribution in [0.5, 0.6) is 0 Å². The van der Waals surface area contributed by atoms with Crippen LogP contribution in [0.3, 0.4) is 0 Å². The van der Waals surface area contributed by atoms with Gasteiger partial charge in [-0.3, -0.25) is 14.5 Å². The summed E-state index contributed by atoms with van der Waals surface area (Å²) in [6.45, 7) is 0. The summed E-state index contributed by atoms with van der Waals surface area (Å²) in [7, 11) is 1.27. The molecule has 4 heterocycles. The molecule has 0 saturated carbocycles. The topological polar surface area (TPSA) is 291 Å². The van der Waals surface area contributed by atoms with E-state index in [-0.39, 0.29) is 91.6 Å². The van der Waals surface area contributed by atoms with E-state index in [1.165, 1.54) is 13.2 Å². The third-order valence-corrected chi connectivity index (χ3v) is 8.02. The fourth-order valence-electron chi connectivity index (χ4n) is 3.53. The molecule has 11 N–H and O–H groups in total. The number of aliphatic carboxylic acids is 1. The molecule has 0 radical (unpaired) electrons. The van der Waals surface area contributed by atoms with Gasteiger partial charge in [0, 0.05) is 22.8 Å².